The molecule has 0 fully saturated rings. The predicted octanol–water partition coefficient (Wildman–Crippen LogP) is 5.79. The van der Waals surface area contributed by atoms with Gasteiger partial charge < -0.3 is 9.15 Å². The second kappa shape index (κ2) is 8.17. The lowest BCUT2D eigenvalue weighted by Gasteiger charge is -2.26. The van der Waals surface area contributed by atoms with E-state index < -0.39 is 0 Å². The normalized spacial score (nSPS) is 14.6. The van der Waals surface area contributed by atoms with Crippen LogP contribution in [0.5, 0.6) is 5.75 Å². The molecule has 2 aromatic heterocycles. The van der Waals surface area contributed by atoms with Gasteiger partial charge in [-0.25, -0.2) is 0 Å². The summed E-state index contributed by atoms with van der Waals surface area (Å²) < 4.78 is 11.7. The van der Waals surface area contributed by atoms with E-state index in [9.17, 15) is 0 Å². The average Bonchev–Trinajstić information content (AvgIpc) is 3.24. The van der Waals surface area contributed by atoms with Crippen LogP contribution in [0, 0.1) is 0 Å². The molecule has 0 saturated heterocycles. The minimum atomic E-state index is 0.773. The molecule has 0 radical (unpaired) electrons. The van der Waals surface area contributed by atoms with E-state index in [0.29, 0.717) is 0 Å². The Kier molecular flexibility index (Phi) is 5.08. The van der Waals surface area contributed by atoms with Crippen molar-refractivity contribution in [1.82, 2.24) is 9.88 Å². The number of aromatic nitrogens is 1. The molecule has 0 saturated carbocycles. The maximum absolute atomic E-state index is 6.10. The lowest BCUT2D eigenvalue weighted by molar-refractivity contribution is 0.293. The number of rotatable bonds is 5. The fourth-order valence-electron chi connectivity index (χ4n) is 4.10. The lowest BCUT2D eigenvalue weighted by atomic mass is 9.99. The number of furan rings is 1. The Bertz CT molecular complexity index is 1180. The van der Waals surface area contributed by atoms with Crippen molar-refractivity contribution in [3.05, 3.63) is 90.3 Å². The first kappa shape index (κ1) is 18.6. The first-order valence-corrected chi connectivity index (χ1v) is 10.3. The molecular formula is C26H24N2O2. The van der Waals surface area contributed by atoms with Crippen molar-refractivity contribution < 1.29 is 9.15 Å². The Labute approximate surface area is 176 Å². The SMILES string of the molecule is COc1cc(CN2CC=C(c3ccccc3)CC2)cc2cc(-c3cccnc3)oc12. The molecule has 150 valence electrons. The maximum Gasteiger partial charge on any atom is 0.176 e. The molecule has 0 bridgehead atoms. The number of methoxy groups -OCH3 is 1. The highest BCUT2D eigenvalue weighted by Crippen LogP contribution is 2.35. The molecule has 0 atom stereocenters. The summed E-state index contributed by atoms with van der Waals surface area (Å²) in [5.74, 6) is 1.58. The fourth-order valence-corrected chi connectivity index (χ4v) is 4.10. The molecular weight excluding hydrogens is 372 g/mol. The molecule has 5 rings (SSSR count). The van der Waals surface area contributed by atoms with Gasteiger partial charge in [0.25, 0.3) is 0 Å². The van der Waals surface area contributed by atoms with Gasteiger partial charge in [-0.05, 0) is 53.5 Å². The number of hydrogen-bond acceptors (Lipinski definition) is 4. The van der Waals surface area contributed by atoms with Crippen LogP contribution in [0.4, 0.5) is 0 Å². The number of hydrogen-bond donors (Lipinski definition) is 0. The van der Waals surface area contributed by atoms with Crippen LogP contribution in [0.25, 0.3) is 27.9 Å². The molecule has 0 unspecified atom stereocenters. The van der Waals surface area contributed by atoms with Gasteiger partial charge in [0, 0.05) is 43.0 Å². The Hall–Kier alpha value is -3.37. The smallest absolute Gasteiger partial charge is 0.176 e. The second-order valence-corrected chi connectivity index (χ2v) is 7.65. The molecule has 4 aromatic rings. The van der Waals surface area contributed by atoms with Gasteiger partial charge >= 0.3 is 0 Å². The largest absolute Gasteiger partial charge is 0.493 e. The summed E-state index contributed by atoms with van der Waals surface area (Å²) in [4.78, 5) is 6.66. The van der Waals surface area contributed by atoms with Crippen LogP contribution in [-0.2, 0) is 6.54 Å². The predicted molar refractivity (Wildman–Crippen MR) is 120 cm³/mol. The van der Waals surface area contributed by atoms with Crippen molar-refractivity contribution in [3.63, 3.8) is 0 Å². The van der Waals surface area contributed by atoms with Crippen molar-refractivity contribution in [2.45, 2.75) is 13.0 Å². The quantitative estimate of drug-likeness (QED) is 0.428. The van der Waals surface area contributed by atoms with Gasteiger partial charge in [-0.2, -0.15) is 0 Å². The number of nitrogens with zero attached hydrogens (tertiary/aromatic N) is 2. The standard InChI is InChI=1S/C26H24N2O2/c1-29-25-15-19(14-23-16-24(30-26(23)25)22-8-5-11-27-17-22)18-28-12-9-21(10-13-28)20-6-3-2-4-7-20/h2-9,11,14-17H,10,12-13,18H2,1H3. The first-order valence-electron chi connectivity index (χ1n) is 10.3. The Balaban J connectivity index is 1.38. The first-order chi connectivity index (χ1) is 14.8. The Morgan fingerprint density at radius 1 is 1.03 bits per heavy atom. The van der Waals surface area contributed by atoms with E-state index in [4.69, 9.17) is 9.15 Å². The summed E-state index contributed by atoms with van der Waals surface area (Å²) >= 11 is 0. The van der Waals surface area contributed by atoms with Gasteiger partial charge in [0.2, 0.25) is 0 Å². The summed E-state index contributed by atoms with van der Waals surface area (Å²) in [6.45, 7) is 2.89. The van der Waals surface area contributed by atoms with Gasteiger partial charge in [0.1, 0.15) is 5.76 Å². The van der Waals surface area contributed by atoms with Crippen molar-refractivity contribution in [1.29, 1.82) is 0 Å². The number of fused-ring (bicyclic) bond motifs is 1. The highest BCUT2D eigenvalue weighted by atomic mass is 16.5. The molecule has 0 N–H and O–H groups in total. The van der Waals surface area contributed by atoms with Crippen LogP contribution in [-0.4, -0.2) is 30.1 Å². The van der Waals surface area contributed by atoms with Gasteiger partial charge in [-0.3, -0.25) is 9.88 Å². The van der Waals surface area contributed by atoms with E-state index >= 15 is 0 Å². The molecule has 4 nitrogen and oxygen atoms in total. The monoisotopic (exact) mass is 396 g/mol. The summed E-state index contributed by atoms with van der Waals surface area (Å²) in [5.41, 5.74) is 5.75. The number of pyridine rings is 1. The number of benzene rings is 2. The maximum atomic E-state index is 6.10. The highest BCUT2D eigenvalue weighted by Gasteiger charge is 2.16. The van der Waals surface area contributed by atoms with Crippen molar-refractivity contribution in [3.8, 4) is 17.1 Å². The highest BCUT2D eigenvalue weighted by molar-refractivity contribution is 5.88. The molecule has 3 heterocycles. The number of ether oxygens (including phenoxy) is 1. The molecule has 2 aromatic carbocycles. The molecule has 4 heteroatoms. The molecule has 30 heavy (non-hydrogen) atoms. The molecule has 1 aliphatic heterocycles. The fraction of sp³-hybridized carbons (Fsp3) is 0.192. The summed E-state index contributed by atoms with van der Waals surface area (Å²) in [7, 11) is 1.70. The van der Waals surface area contributed by atoms with Crippen LogP contribution in [0.2, 0.25) is 0 Å². The van der Waals surface area contributed by atoms with Crippen LogP contribution in [0.15, 0.2) is 83.6 Å². The Morgan fingerprint density at radius 2 is 1.90 bits per heavy atom. The van der Waals surface area contributed by atoms with E-state index in [1.165, 1.54) is 16.7 Å². The van der Waals surface area contributed by atoms with Crippen molar-refractivity contribution in [2.75, 3.05) is 20.2 Å². The van der Waals surface area contributed by atoms with Crippen LogP contribution in [0.1, 0.15) is 17.5 Å². The average molecular weight is 396 g/mol. The van der Waals surface area contributed by atoms with Crippen LogP contribution < -0.4 is 4.74 Å². The third-order valence-electron chi connectivity index (χ3n) is 5.65. The lowest BCUT2D eigenvalue weighted by Crippen LogP contribution is -2.28. The third-order valence-corrected chi connectivity index (χ3v) is 5.65. The molecule has 0 aliphatic carbocycles. The minimum Gasteiger partial charge on any atom is -0.493 e. The Morgan fingerprint density at radius 3 is 2.63 bits per heavy atom. The molecule has 0 amide bonds. The van der Waals surface area contributed by atoms with E-state index in [-0.39, 0.29) is 0 Å². The van der Waals surface area contributed by atoms with Crippen LogP contribution >= 0.6 is 0 Å². The molecule has 1 aliphatic rings. The van der Waals surface area contributed by atoms with Gasteiger partial charge in [0.15, 0.2) is 11.3 Å². The minimum absolute atomic E-state index is 0.773. The van der Waals surface area contributed by atoms with Gasteiger partial charge in [-0.15, -0.1) is 0 Å². The zero-order chi connectivity index (χ0) is 20.3. The van der Waals surface area contributed by atoms with Crippen molar-refractivity contribution >= 4 is 16.5 Å². The van der Waals surface area contributed by atoms with Gasteiger partial charge in [-0.1, -0.05) is 36.4 Å². The van der Waals surface area contributed by atoms with E-state index in [2.05, 4.69) is 64.5 Å². The topological polar surface area (TPSA) is 38.5 Å². The zero-order valence-corrected chi connectivity index (χ0v) is 17.0. The van der Waals surface area contributed by atoms with Crippen molar-refractivity contribution in [2.24, 2.45) is 0 Å². The summed E-state index contributed by atoms with van der Waals surface area (Å²) in [6, 6.07) is 21.0. The summed E-state index contributed by atoms with van der Waals surface area (Å²) in [5, 5.41) is 1.06. The zero-order valence-electron chi connectivity index (χ0n) is 17.0. The summed E-state index contributed by atoms with van der Waals surface area (Å²) in [6.07, 6.45) is 7.00. The van der Waals surface area contributed by atoms with Crippen LogP contribution in [0.3, 0.4) is 0 Å². The molecule has 0 spiro atoms. The van der Waals surface area contributed by atoms with Gasteiger partial charge in [0.05, 0.1) is 7.11 Å². The third kappa shape index (κ3) is 3.74. The second-order valence-electron chi connectivity index (χ2n) is 7.65. The van der Waals surface area contributed by atoms with E-state index in [0.717, 1.165) is 54.1 Å². The van der Waals surface area contributed by atoms with E-state index in [1.807, 2.05) is 18.3 Å². The van der Waals surface area contributed by atoms with E-state index in [1.54, 1.807) is 13.3 Å².